The van der Waals surface area contributed by atoms with Gasteiger partial charge in [-0.3, -0.25) is 0 Å². The van der Waals surface area contributed by atoms with Crippen molar-refractivity contribution in [2.45, 2.75) is 116 Å². The van der Waals surface area contributed by atoms with Gasteiger partial charge in [-0.15, -0.1) is 0 Å². The van der Waals surface area contributed by atoms with Gasteiger partial charge in [-0.2, -0.15) is 0 Å². The van der Waals surface area contributed by atoms with Crippen molar-refractivity contribution in [3.63, 3.8) is 0 Å². The molecule has 0 unspecified atom stereocenters. The lowest BCUT2D eigenvalue weighted by molar-refractivity contribution is -0.162. The minimum absolute atomic E-state index is 0.0501. The Morgan fingerprint density at radius 1 is 1.09 bits per heavy atom. The fraction of sp³-hybridized carbons (Fsp3) is 0.867. The second-order valence-corrected chi connectivity index (χ2v) is 13.3. The quantitative estimate of drug-likeness (QED) is 0.350. The normalized spacial score (nSPS) is 42.0. The van der Waals surface area contributed by atoms with Crippen LogP contribution in [0.4, 0.5) is 0 Å². The highest BCUT2D eigenvalue weighted by Crippen LogP contribution is 2.66. The zero-order chi connectivity index (χ0) is 25.6. The second kappa shape index (κ2) is 10.2. The lowest BCUT2D eigenvalue weighted by atomic mass is 9.49. The third kappa shape index (κ3) is 4.93. The van der Waals surface area contributed by atoms with Crippen LogP contribution in [-0.4, -0.2) is 57.6 Å². The summed E-state index contributed by atoms with van der Waals surface area (Å²) in [6.45, 7) is 11.4. The molecule has 0 saturated heterocycles. The van der Waals surface area contributed by atoms with E-state index in [0.29, 0.717) is 37.2 Å². The van der Waals surface area contributed by atoms with E-state index in [9.17, 15) is 15.3 Å². The van der Waals surface area contributed by atoms with Crippen molar-refractivity contribution >= 4 is 0 Å². The Kier molecular flexibility index (Phi) is 7.97. The van der Waals surface area contributed by atoms with Crippen LogP contribution < -0.4 is 0 Å². The third-order valence-corrected chi connectivity index (χ3v) is 10.6. The van der Waals surface area contributed by atoms with Crippen LogP contribution in [0.25, 0.3) is 0 Å². The van der Waals surface area contributed by atoms with Crippen molar-refractivity contribution < 1.29 is 25.2 Å². The van der Waals surface area contributed by atoms with Crippen molar-refractivity contribution in [2.24, 2.45) is 34.5 Å². The first-order valence-electron chi connectivity index (χ1n) is 14.2. The molecule has 0 aromatic heterocycles. The molecule has 0 aliphatic heterocycles. The summed E-state index contributed by atoms with van der Waals surface area (Å²) in [4.78, 5) is 0. The molecule has 0 aromatic rings. The predicted molar refractivity (Wildman–Crippen MR) is 139 cm³/mol. The van der Waals surface area contributed by atoms with Gasteiger partial charge in [0, 0.05) is 18.6 Å². The Bertz CT molecular complexity index is 812. The zero-order valence-corrected chi connectivity index (χ0v) is 22.7. The molecular weight excluding hydrogens is 440 g/mol. The van der Waals surface area contributed by atoms with Crippen LogP contribution in [0.3, 0.4) is 0 Å². The maximum atomic E-state index is 11.6. The minimum Gasteiger partial charge on any atom is -0.396 e. The fourth-order valence-electron chi connectivity index (χ4n) is 8.57. The standard InChI is InChI=1S/C30H50O5/c1-19(8-6-14-28(2,3)34)22-11-12-23-21-10-9-20-18-25(32)26(35-17-7-16-31)27(33)30(20,5)24(21)13-15-29(22,23)4/h9-10,19,22-27,31-34H,6-8,11-18H2,1-5H3/t19-,22+,23-,24-,25+,26+,27+,29+,30-/m0/s1. The molecule has 0 bridgehead atoms. The van der Waals surface area contributed by atoms with Gasteiger partial charge in [0.1, 0.15) is 6.10 Å². The number of hydrogen-bond acceptors (Lipinski definition) is 5. The van der Waals surface area contributed by atoms with Gasteiger partial charge in [0.05, 0.1) is 17.8 Å². The molecule has 9 atom stereocenters. The van der Waals surface area contributed by atoms with Crippen molar-refractivity contribution in [1.29, 1.82) is 0 Å². The van der Waals surface area contributed by atoms with E-state index in [2.05, 4.69) is 32.9 Å². The summed E-state index contributed by atoms with van der Waals surface area (Å²) in [6, 6.07) is 0. The van der Waals surface area contributed by atoms with E-state index < -0.39 is 29.3 Å². The van der Waals surface area contributed by atoms with Crippen molar-refractivity contribution in [2.75, 3.05) is 13.2 Å². The Morgan fingerprint density at radius 2 is 1.83 bits per heavy atom. The monoisotopic (exact) mass is 490 g/mol. The highest BCUT2D eigenvalue weighted by molar-refractivity contribution is 5.40. The van der Waals surface area contributed by atoms with E-state index in [0.717, 1.165) is 24.8 Å². The molecule has 5 nitrogen and oxygen atoms in total. The van der Waals surface area contributed by atoms with Gasteiger partial charge < -0.3 is 25.2 Å². The number of aliphatic hydroxyl groups is 4. The highest BCUT2D eigenvalue weighted by Gasteiger charge is 2.60. The molecule has 0 aromatic carbocycles. The number of aliphatic hydroxyl groups excluding tert-OH is 3. The van der Waals surface area contributed by atoms with Crippen LogP contribution in [0.1, 0.15) is 92.4 Å². The molecule has 0 heterocycles. The summed E-state index contributed by atoms with van der Waals surface area (Å²) < 4.78 is 5.93. The van der Waals surface area contributed by atoms with Gasteiger partial charge in [0.25, 0.3) is 0 Å². The Labute approximate surface area is 212 Å². The van der Waals surface area contributed by atoms with Crippen LogP contribution in [-0.2, 0) is 4.74 Å². The molecule has 3 saturated carbocycles. The van der Waals surface area contributed by atoms with E-state index in [1.54, 1.807) is 0 Å². The van der Waals surface area contributed by atoms with Crippen LogP contribution in [0.5, 0.6) is 0 Å². The fourth-order valence-corrected chi connectivity index (χ4v) is 8.57. The van der Waals surface area contributed by atoms with Crippen molar-refractivity contribution in [1.82, 2.24) is 0 Å². The van der Waals surface area contributed by atoms with Gasteiger partial charge in [0.2, 0.25) is 0 Å². The molecular formula is C30H50O5. The van der Waals surface area contributed by atoms with Gasteiger partial charge in [-0.25, -0.2) is 0 Å². The predicted octanol–water partition coefficient (Wildman–Crippen LogP) is 4.77. The molecule has 4 aliphatic rings. The van der Waals surface area contributed by atoms with Gasteiger partial charge in [-0.05, 0) is 87.9 Å². The molecule has 0 spiro atoms. The number of rotatable bonds is 9. The maximum absolute atomic E-state index is 11.6. The molecule has 0 amide bonds. The minimum atomic E-state index is -0.757. The van der Waals surface area contributed by atoms with Gasteiger partial charge >= 0.3 is 0 Å². The average molecular weight is 491 g/mol. The Balaban J connectivity index is 1.52. The molecule has 4 aliphatic carbocycles. The molecule has 4 rings (SSSR count). The first-order chi connectivity index (χ1) is 16.4. The molecule has 3 fully saturated rings. The summed E-state index contributed by atoms with van der Waals surface area (Å²) in [6.07, 6.45) is 11.3. The summed E-state index contributed by atoms with van der Waals surface area (Å²) in [7, 11) is 0. The topological polar surface area (TPSA) is 90.2 Å². The smallest absolute Gasteiger partial charge is 0.110 e. The van der Waals surface area contributed by atoms with Crippen LogP contribution in [0, 0.1) is 34.5 Å². The van der Waals surface area contributed by atoms with Crippen LogP contribution in [0.2, 0.25) is 0 Å². The van der Waals surface area contributed by atoms with E-state index in [1.807, 2.05) is 13.8 Å². The third-order valence-electron chi connectivity index (χ3n) is 10.6. The molecule has 4 N–H and O–H groups in total. The zero-order valence-electron chi connectivity index (χ0n) is 22.7. The van der Waals surface area contributed by atoms with E-state index in [-0.39, 0.29) is 17.9 Å². The Morgan fingerprint density at radius 3 is 2.51 bits per heavy atom. The largest absolute Gasteiger partial charge is 0.396 e. The molecule has 5 heteroatoms. The summed E-state index contributed by atoms with van der Waals surface area (Å²) >= 11 is 0. The van der Waals surface area contributed by atoms with E-state index in [4.69, 9.17) is 9.84 Å². The SMILES string of the molecule is C[C@@H](CCCC(C)(C)O)[C@H]1CC[C@H]2C3=CC=C4C[C@@H](O)[C@@H](OCCCO)[C@@H](O)[C@]4(C)[C@H]3CC[C@]12C. The molecule has 0 radical (unpaired) electrons. The average Bonchev–Trinajstić information content (AvgIpc) is 3.14. The number of fused-ring (bicyclic) bond motifs is 5. The van der Waals surface area contributed by atoms with Gasteiger partial charge in [-0.1, -0.05) is 56.9 Å². The lowest BCUT2D eigenvalue weighted by Crippen LogP contribution is -2.59. The van der Waals surface area contributed by atoms with Crippen LogP contribution >= 0.6 is 0 Å². The number of hydrogen-bond donors (Lipinski definition) is 4. The summed E-state index contributed by atoms with van der Waals surface area (Å²) in [5, 5.41) is 41.6. The first-order valence-corrected chi connectivity index (χ1v) is 14.2. The van der Waals surface area contributed by atoms with Crippen molar-refractivity contribution in [3.05, 3.63) is 23.3 Å². The maximum Gasteiger partial charge on any atom is 0.110 e. The lowest BCUT2D eigenvalue weighted by Gasteiger charge is -2.57. The second-order valence-electron chi connectivity index (χ2n) is 13.3. The molecule has 35 heavy (non-hydrogen) atoms. The molecule has 200 valence electrons. The first kappa shape index (κ1) is 27.3. The van der Waals surface area contributed by atoms with E-state index >= 15 is 0 Å². The van der Waals surface area contributed by atoms with Crippen LogP contribution in [0.15, 0.2) is 23.3 Å². The van der Waals surface area contributed by atoms with E-state index in [1.165, 1.54) is 31.3 Å². The number of allylic oxidation sites excluding steroid dienone is 3. The summed E-state index contributed by atoms with van der Waals surface area (Å²) in [5.41, 5.74) is 1.96. The van der Waals surface area contributed by atoms with Crippen molar-refractivity contribution in [3.8, 4) is 0 Å². The summed E-state index contributed by atoms with van der Waals surface area (Å²) in [5.74, 6) is 2.18. The van der Waals surface area contributed by atoms with Gasteiger partial charge in [0.15, 0.2) is 0 Å². The number of ether oxygens (including phenoxy) is 1. The Hall–Kier alpha value is -0.720. The highest BCUT2D eigenvalue weighted by atomic mass is 16.5.